The molecule has 5 heteroatoms. The molecule has 4 rings (SSSR count). The summed E-state index contributed by atoms with van der Waals surface area (Å²) in [4.78, 5) is 27.3. The highest BCUT2D eigenvalue weighted by molar-refractivity contribution is 6.14. The highest BCUT2D eigenvalue weighted by Crippen LogP contribution is 2.25. The van der Waals surface area contributed by atoms with Crippen molar-refractivity contribution in [1.82, 2.24) is 9.55 Å². The second-order valence-electron chi connectivity index (χ2n) is 5.71. The maximum Gasteiger partial charge on any atom is 0.256 e. The van der Waals surface area contributed by atoms with Crippen molar-refractivity contribution >= 4 is 33.4 Å². The Kier molecular flexibility index (Phi) is 3.20. The van der Waals surface area contributed by atoms with Crippen molar-refractivity contribution in [2.45, 2.75) is 0 Å². The Bertz CT molecular complexity index is 1140. The third kappa shape index (κ3) is 2.27. The quantitative estimate of drug-likeness (QED) is 0.596. The zero-order chi connectivity index (χ0) is 16.7. The van der Waals surface area contributed by atoms with E-state index < -0.39 is 0 Å². The predicted molar refractivity (Wildman–Crippen MR) is 95.4 cm³/mol. The van der Waals surface area contributed by atoms with E-state index in [2.05, 4.69) is 10.3 Å². The molecule has 0 spiro atoms. The molecule has 1 amide bonds. The van der Waals surface area contributed by atoms with E-state index in [0.29, 0.717) is 11.1 Å². The number of pyridine rings is 1. The molecule has 2 heterocycles. The molecular formula is C19H15N3O2. The predicted octanol–water partition coefficient (Wildman–Crippen LogP) is 3.27. The van der Waals surface area contributed by atoms with Gasteiger partial charge in [-0.25, -0.2) is 0 Å². The lowest BCUT2D eigenvalue weighted by molar-refractivity contribution is 0.102. The second-order valence-corrected chi connectivity index (χ2v) is 5.71. The first-order chi connectivity index (χ1) is 11.6. The Labute approximate surface area is 137 Å². The van der Waals surface area contributed by atoms with Crippen LogP contribution in [0.3, 0.4) is 0 Å². The van der Waals surface area contributed by atoms with Crippen LogP contribution in [0.4, 0.5) is 5.69 Å². The maximum absolute atomic E-state index is 12.8. The third-order valence-corrected chi connectivity index (χ3v) is 4.17. The van der Waals surface area contributed by atoms with Crippen LogP contribution >= 0.6 is 0 Å². The van der Waals surface area contributed by atoms with E-state index in [-0.39, 0.29) is 11.5 Å². The number of fused-ring (bicyclic) bond motifs is 2. The minimum absolute atomic E-state index is 0.295. The average molecular weight is 317 g/mol. The van der Waals surface area contributed by atoms with Crippen molar-refractivity contribution in [3.8, 4) is 0 Å². The van der Waals surface area contributed by atoms with Gasteiger partial charge < -0.3 is 14.9 Å². The Hall–Kier alpha value is -3.34. The van der Waals surface area contributed by atoms with Crippen molar-refractivity contribution in [3.05, 3.63) is 76.7 Å². The largest absolute Gasteiger partial charge is 0.350 e. The van der Waals surface area contributed by atoms with E-state index in [4.69, 9.17) is 0 Å². The van der Waals surface area contributed by atoms with Crippen LogP contribution in [-0.2, 0) is 7.05 Å². The summed E-state index contributed by atoms with van der Waals surface area (Å²) in [5, 5.41) is 4.61. The smallest absolute Gasteiger partial charge is 0.256 e. The topological polar surface area (TPSA) is 66.9 Å². The van der Waals surface area contributed by atoms with Gasteiger partial charge in [-0.1, -0.05) is 24.3 Å². The summed E-state index contributed by atoms with van der Waals surface area (Å²) in [6.07, 6.45) is 1.95. The van der Waals surface area contributed by atoms with Gasteiger partial charge in [0.2, 0.25) is 5.56 Å². The first-order valence-corrected chi connectivity index (χ1v) is 7.61. The van der Waals surface area contributed by atoms with Gasteiger partial charge in [0.1, 0.15) is 0 Å². The Morgan fingerprint density at radius 2 is 1.88 bits per heavy atom. The first-order valence-electron chi connectivity index (χ1n) is 7.61. The van der Waals surface area contributed by atoms with Gasteiger partial charge in [-0.05, 0) is 24.3 Å². The number of nitrogens with zero attached hydrogens (tertiary/aromatic N) is 1. The number of para-hydroxylation sites is 1. The Morgan fingerprint density at radius 3 is 2.75 bits per heavy atom. The molecule has 0 aliphatic carbocycles. The number of hydrogen-bond donors (Lipinski definition) is 2. The fourth-order valence-corrected chi connectivity index (χ4v) is 2.99. The second kappa shape index (κ2) is 5.38. The standard InChI is InChI=1S/C19H15N3O2/c1-22-10-9-13-16(7-4-8-17(13)22)21-19(24)14-11-18(23)20-15-6-3-2-5-12(14)15/h2-11H,1H3,(H,20,23)(H,21,24). The van der Waals surface area contributed by atoms with Crippen LogP contribution in [0.15, 0.2) is 65.6 Å². The van der Waals surface area contributed by atoms with Crippen LogP contribution in [0.2, 0.25) is 0 Å². The summed E-state index contributed by atoms with van der Waals surface area (Å²) in [5.74, 6) is -0.298. The fourth-order valence-electron chi connectivity index (χ4n) is 2.99. The molecule has 0 unspecified atom stereocenters. The van der Waals surface area contributed by atoms with Crippen LogP contribution in [0.25, 0.3) is 21.8 Å². The van der Waals surface area contributed by atoms with Crippen LogP contribution in [0.1, 0.15) is 10.4 Å². The molecule has 5 nitrogen and oxygen atoms in total. The summed E-state index contributed by atoms with van der Waals surface area (Å²) in [6, 6.07) is 16.3. The highest BCUT2D eigenvalue weighted by Gasteiger charge is 2.13. The monoisotopic (exact) mass is 317 g/mol. The van der Waals surface area contributed by atoms with E-state index in [1.165, 1.54) is 6.07 Å². The van der Waals surface area contributed by atoms with Gasteiger partial charge in [-0.3, -0.25) is 9.59 Å². The number of aromatic nitrogens is 2. The number of H-pyrrole nitrogens is 1. The summed E-state index contributed by atoms with van der Waals surface area (Å²) in [7, 11) is 1.96. The number of rotatable bonds is 2. The van der Waals surface area contributed by atoms with E-state index in [1.54, 1.807) is 6.07 Å². The van der Waals surface area contributed by atoms with Crippen LogP contribution in [0, 0.1) is 0 Å². The molecule has 0 bridgehead atoms. The molecule has 2 aromatic heterocycles. The summed E-state index contributed by atoms with van der Waals surface area (Å²) >= 11 is 0. The molecule has 0 aliphatic heterocycles. The van der Waals surface area contributed by atoms with Crippen molar-refractivity contribution in [2.75, 3.05) is 5.32 Å². The SMILES string of the molecule is Cn1ccc2c(NC(=O)c3cc(=O)[nH]c4ccccc34)cccc21. The van der Waals surface area contributed by atoms with Crippen LogP contribution in [-0.4, -0.2) is 15.5 Å². The first kappa shape index (κ1) is 14.3. The summed E-state index contributed by atoms with van der Waals surface area (Å²) in [5.41, 5.74) is 2.47. The van der Waals surface area contributed by atoms with E-state index >= 15 is 0 Å². The Balaban J connectivity index is 1.81. The van der Waals surface area contributed by atoms with Gasteiger partial charge in [0.15, 0.2) is 0 Å². The van der Waals surface area contributed by atoms with E-state index in [9.17, 15) is 9.59 Å². The molecule has 2 N–H and O–H groups in total. The van der Waals surface area contributed by atoms with Crippen LogP contribution < -0.4 is 10.9 Å². The number of anilines is 1. The molecule has 0 saturated heterocycles. The summed E-state index contributed by atoms with van der Waals surface area (Å²) in [6.45, 7) is 0. The van der Waals surface area contributed by atoms with Gasteiger partial charge in [0, 0.05) is 41.1 Å². The summed E-state index contributed by atoms with van der Waals surface area (Å²) < 4.78 is 1.99. The van der Waals surface area contributed by atoms with Gasteiger partial charge in [0.25, 0.3) is 5.91 Å². The average Bonchev–Trinajstić information content (AvgIpc) is 2.96. The Morgan fingerprint density at radius 1 is 1.04 bits per heavy atom. The van der Waals surface area contributed by atoms with Gasteiger partial charge in [-0.15, -0.1) is 0 Å². The van der Waals surface area contributed by atoms with Gasteiger partial charge in [-0.2, -0.15) is 0 Å². The number of aromatic amines is 1. The minimum atomic E-state index is -0.298. The van der Waals surface area contributed by atoms with E-state index in [1.807, 2.05) is 60.3 Å². The molecule has 2 aromatic carbocycles. The lowest BCUT2D eigenvalue weighted by Crippen LogP contribution is -2.17. The minimum Gasteiger partial charge on any atom is -0.350 e. The number of nitrogens with one attached hydrogen (secondary N) is 2. The number of aryl methyl sites for hydroxylation is 1. The fraction of sp³-hybridized carbons (Fsp3) is 0.0526. The molecule has 4 aromatic rings. The molecular weight excluding hydrogens is 302 g/mol. The van der Waals surface area contributed by atoms with E-state index in [0.717, 1.165) is 22.0 Å². The molecule has 118 valence electrons. The zero-order valence-corrected chi connectivity index (χ0v) is 13.0. The number of carbonyl (C=O) groups is 1. The van der Waals surface area contributed by atoms with Crippen molar-refractivity contribution in [3.63, 3.8) is 0 Å². The zero-order valence-electron chi connectivity index (χ0n) is 13.0. The van der Waals surface area contributed by atoms with Crippen molar-refractivity contribution in [1.29, 1.82) is 0 Å². The number of amides is 1. The van der Waals surface area contributed by atoms with Gasteiger partial charge in [0.05, 0.1) is 11.3 Å². The lowest BCUT2D eigenvalue weighted by Gasteiger charge is -2.09. The number of hydrogen-bond acceptors (Lipinski definition) is 2. The molecule has 0 radical (unpaired) electrons. The molecule has 0 fully saturated rings. The van der Waals surface area contributed by atoms with Crippen molar-refractivity contribution in [2.24, 2.45) is 7.05 Å². The molecule has 0 aliphatic rings. The highest BCUT2D eigenvalue weighted by atomic mass is 16.2. The van der Waals surface area contributed by atoms with Crippen molar-refractivity contribution < 1.29 is 4.79 Å². The molecule has 0 saturated carbocycles. The normalized spacial score (nSPS) is 11.0. The lowest BCUT2D eigenvalue weighted by atomic mass is 10.1. The maximum atomic E-state index is 12.8. The number of benzene rings is 2. The number of carbonyl (C=O) groups excluding carboxylic acids is 1. The molecule has 0 atom stereocenters. The third-order valence-electron chi connectivity index (χ3n) is 4.17. The van der Waals surface area contributed by atoms with Crippen LogP contribution in [0.5, 0.6) is 0 Å². The van der Waals surface area contributed by atoms with Gasteiger partial charge >= 0.3 is 0 Å². The molecule has 24 heavy (non-hydrogen) atoms.